The number of hydrogen-bond acceptors (Lipinski definition) is 4. The highest BCUT2D eigenvalue weighted by Crippen LogP contribution is 2.31. The van der Waals surface area contributed by atoms with Crippen molar-refractivity contribution in [3.05, 3.63) is 52.5 Å². The van der Waals surface area contributed by atoms with Gasteiger partial charge in [0, 0.05) is 5.02 Å². The van der Waals surface area contributed by atoms with E-state index in [9.17, 15) is 0 Å². The molecule has 1 aromatic heterocycles. The van der Waals surface area contributed by atoms with Gasteiger partial charge >= 0.3 is 0 Å². The van der Waals surface area contributed by atoms with Crippen molar-refractivity contribution in [3.8, 4) is 6.07 Å². The molecule has 0 bridgehead atoms. The van der Waals surface area contributed by atoms with Crippen LogP contribution in [0.2, 0.25) is 5.02 Å². The van der Waals surface area contributed by atoms with Crippen LogP contribution in [0.4, 0.5) is 10.8 Å². The number of rotatable bonds is 2. The Morgan fingerprint density at radius 1 is 1.25 bits per heavy atom. The zero-order valence-corrected chi connectivity index (χ0v) is 12.2. The van der Waals surface area contributed by atoms with Gasteiger partial charge in [-0.2, -0.15) is 5.26 Å². The van der Waals surface area contributed by atoms with Gasteiger partial charge in [0.25, 0.3) is 0 Å². The number of aromatic nitrogens is 1. The topological polar surface area (TPSA) is 48.7 Å². The van der Waals surface area contributed by atoms with Crippen molar-refractivity contribution in [2.45, 2.75) is 6.92 Å². The highest BCUT2D eigenvalue weighted by atomic mass is 35.5. The summed E-state index contributed by atoms with van der Waals surface area (Å²) in [5.74, 6) is 0. The molecule has 0 spiro atoms. The van der Waals surface area contributed by atoms with Crippen LogP contribution in [0.5, 0.6) is 0 Å². The van der Waals surface area contributed by atoms with Crippen molar-refractivity contribution >= 4 is 44.0 Å². The lowest BCUT2D eigenvalue weighted by atomic mass is 10.1. The van der Waals surface area contributed by atoms with Crippen LogP contribution in [0.15, 0.2) is 36.4 Å². The quantitative estimate of drug-likeness (QED) is 0.734. The number of hydrogen-bond donors (Lipinski definition) is 1. The van der Waals surface area contributed by atoms with Crippen LogP contribution in [-0.2, 0) is 0 Å². The fourth-order valence-corrected chi connectivity index (χ4v) is 3.08. The molecule has 0 atom stereocenters. The molecule has 3 aromatic rings. The summed E-state index contributed by atoms with van der Waals surface area (Å²) in [5, 5.41) is 13.8. The summed E-state index contributed by atoms with van der Waals surface area (Å²) in [5.41, 5.74) is 3.37. The van der Waals surface area contributed by atoms with Gasteiger partial charge in [0.1, 0.15) is 6.07 Å². The second-order valence-electron chi connectivity index (χ2n) is 4.42. The van der Waals surface area contributed by atoms with Crippen LogP contribution in [0.3, 0.4) is 0 Å². The summed E-state index contributed by atoms with van der Waals surface area (Å²) < 4.78 is 1.02. The number of nitrogens with zero attached hydrogens (tertiary/aromatic N) is 2. The van der Waals surface area contributed by atoms with E-state index < -0.39 is 0 Å². The molecule has 0 aliphatic rings. The van der Waals surface area contributed by atoms with Gasteiger partial charge < -0.3 is 5.32 Å². The molecule has 98 valence electrons. The summed E-state index contributed by atoms with van der Waals surface area (Å²) >= 11 is 7.49. The van der Waals surface area contributed by atoms with Gasteiger partial charge in [-0.1, -0.05) is 29.0 Å². The molecule has 0 radical (unpaired) electrons. The Morgan fingerprint density at radius 2 is 2.10 bits per heavy atom. The standard InChI is InChI=1S/C15H10ClN3S/c1-9-2-3-10(8-17)13(6-9)19-15-18-12-5-4-11(16)7-14(12)20-15/h2-7H,1H3,(H,18,19). The van der Waals surface area contributed by atoms with Crippen LogP contribution >= 0.6 is 22.9 Å². The van der Waals surface area contributed by atoms with Gasteiger partial charge in [-0.15, -0.1) is 0 Å². The van der Waals surface area contributed by atoms with E-state index in [4.69, 9.17) is 16.9 Å². The Kier molecular flexibility index (Phi) is 3.31. The maximum atomic E-state index is 9.14. The number of fused-ring (bicyclic) bond motifs is 1. The van der Waals surface area contributed by atoms with Crippen LogP contribution in [0.25, 0.3) is 10.2 Å². The third-order valence-electron chi connectivity index (χ3n) is 2.89. The van der Waals surface area contributed by atoms with E-state index in [-0.39, 0.29) is 0 Å². The first kappa shape index (κ1) is 12.9. The van der Waals surface area contributed by atoms with Crippen molar-refractivity contribution < 1.29 is 0 Å². The molecule has 2 aromatic carbocycles. The molecule has 0 fully saturated rings. The molecule has 3 nitrogen and oxygen atoms in total. The Bertz CT molecular complexity index is 833. The van der Waals surface area contributed by atoms with E-state index >= 15 is 0 Å². The predicted octanol–water partition coefficient (Wildman–Crippen LogP) is 4.87. The highest BCUT2D eigenvalue weighted by Gasteiger charge is 2.07. The maximum absolute atomic E-state index is 9.14. The summed E-state index contributed by atoms with van der Waals surface area (Å²) in [6.45, 7) is 1.99. The van der Waals surface area contributed by atoms with E-state index in [1.165, 1.54) is 11.3 Å². The smallest absolute Gasteiger partial charge is 0.188 e. The number of anilines is 2. The SMILES string of the molecule is Cc1ccc(C#N)c(Nc2nc3ccc(Cl)cc3s2)c1. The molecular formula is C15H10ClN3S. The third-order valence-corrected chi connectivity index (χ3v) is 4.06. The average Bonchev–Trinajstić information content (AvgIpc) is 2.80. The van der Waals surface area contributed by atoms with Gasteiger partial charge in [-0.05, 0) is 42.8 Å². The monoisotopic (exact) mass is 299 g/mol. The molecule has 5 heteroatoms. The van der Waals surface area contributed by atoms with Crippen LogP contribution < -0.4 is 5.32 Å². The Hall–Kier alpha value is -2.09. The van der Waals surface area contributed by atoms with Gasteiger partial charge in [0.15, 0.2) is 5.13 Å². The van der Waals surface area contributed by atoms with Crippen LogP contribution in [0.1, 0.15) is 11.1 Å². The molecular weight excluding hydrogens is 290 g/mol. The lowest BCUT2D eigenvalue weighted by Crippen LogP contribution is -1.93. The summed E-state index contributed by atoms with van der Waals surface area (Å²) in [6.07, 6.45) is 0. The Labute approximate surface area is 125 Å². The minimum absolute atomic E-state index is 0.605. The number of aryl methyl sites for hydroxylation is 1. The van der Waals surface area contributed by atoms with E-state index in [2.05, 4.69) is 16.4 Å². The average molecular weight is 300 g/mol. The van der Waals surface area contributed by atoms with E-state index in [0.29, 0.717) is 10.6 Å². The van der Waals surface area contributed by atoms with E-state index in [0.717, 1.165) is 26.6 Å². The van der Waals surface area contributed by atoms with Crippen molar-refractivity contribution in [2.75, 3.05) is 5.32 Å². The molecule has 0 amide bonds. The zero-order chi connectivity index (χ0) is 14.1. The van der Waals surface area contributed by atoms with Gasteiger partial charge in [0.05, 0.1) is 21.5 Å². The first-order valence-electron chi connectivity index (χ1n) is 5.99. The normalized spacial score (nSPS) is 10.4. The lowest BCUT2D eigenvalue weighted by molar-refractivity contribution is 1.39. The van der Waals surface area contributed by atoms with E-state index in [1.54, 1.807) is 0 Å². The summed E-state index contributed by atoms with van der Waals surface area (Å²) in [6, 6.07) is 13.4. The Morgan fingerprint density at radius 3 is 2.90 bits per heavy atom. The van der Waals surface area contributed by atoms with Crippen molar-refractivity contribution in [3.63, 3.8) is 0 Å². The van der Waals surface area contributed by atoms with Crippen LogP contribution in [-0.4, -0.2) is 4.98 Å². The first-order chi connectivity index (χ1) is 9.65. The summed E-state index contributed by atoms with van der Waals surface area (Å²) in [4.78, 5) is 4.49. The van der Waals surface area contributed by atoms with Crippen molar-refractivity contribution in [1.82, 2.24) is 4.98 Å². The molecule has 0 aliphatic heterocycles. The second kappa shape index (κ2) is 5.12. The molecule has 1 heterocycles. The van der Waals surface area contributed by atoms with E-state index in [1.807, 2.05) is 43.3 Å². The van der Waals surface area contributed by atoms with Gasteiger partial charge in [-0.25, -0.2) is 4.98 Å². The fraction of sp³-hybridized carbons (Fsp3) is 0.0667. The number of nitriles is 1. The molecule has 0 unspecified atom stereocenters. The minimum Gasteiger partial charge on any atom is -0.330 e. The van der Waals surface area contributed by atoms with Crippen LogP contribution in [0, 0.1) is 18.3 Å². The lowest BCUT2D eigenvalue weighted by Gasteiger charge is -2.05. The number of halogens is 1. The summed E-state index contributed by atoms with van der Waals surface area (Å²) in [7, 11) is 0. The molecule has 20 heavy (non-hydrogen) atoms. The number of benzene rings is 2. The fourth-order valence-electron chi connectivity index (χ4n) is 1.93. The van der Waals surface area contributed by atoms with Gasteiger partial charge in [-0.3, -0.25) is 0 Å². The maximum Gasteiger partial charge on any atom is 0.188 e. The van der Waals surface area contributed by atoms with Gasteiger partial charge in [0.2, 0.25) is 0 Å². The number of thiazole rings is 1. The molecule has 0 aliphatic carbocycles. The largest absolute Gasteiger partial charge is 0.330 e. The molecule has 3 rings (SSSR count). The van der Waals surface area contributed by atoms with Crippen molar-refractivity contribution in [1.29, 1.82) is 5.26 Å². The highest BCUT2D eigenvalue weighted by molar-refractivity contribution is 7.22. The predicted molar refractivity (Wildman–Crippen MR) is 83.8 cm³/mol. The molecule has 0 saturated carbocycles. The molecule has 0 saturated heterocycles. The number of nitrogens with one attached hydrogen (secondary N) is 1. The zero-order valence-electron chi connectivity index (χ0n) is 10.6. The van der Waals surface area contributed by atoms with Crippen molar-refractivity contribution in [2.24, 2.45) is 0 Å². The Balaban J connectivity index is 2.01. The second-order valence-corrected chi connectivity index (χ2v) is 5.88. The third kappa shape index (κ3) is 2.46. The molecule has 1 N–H and O–H groups in total. The first-order valence-corrected chi connectivity index (χ1v) is 7.19. The minimum atomic E-state index is 0.605.